The van der Waals surface area contributed by atoms with Crippen molar-refractivity contribution in [1.82, 2.24) is 0 Å². The Morgan fingerprint density at radius 1 is 1.21 bits per heavy atom. The smallest absolute Gasteiger partial charge is 0.338 e. The summed E-state index contributed by atoms with van der Waals surface area (Å²) >= 11 is 1.38. The topological polar surface area (TPSA) is 87.4 Å². The lowest BCUT2D eigenvalue weighted by Gasteiger charge is -2.07. The van der Waals surface area contributed by atoms with E-state index in [1.807, 2.05) is 12.1 Å². The monoisotopic (exact) mass is 341 g/mol. The summed E-state index contributed by atoms with van der Waals surface area (Å²) in [5.41, 5.74) is 1.44. The second-order valence-corrected chi connectivity index (χ2v) is 5.98. The number of carbonyl (C=O) groups excluding carboxylic acids is 1. The van der Waals surface area contributed by atoms with E-state index in [1.165, 1.54) is 17.8 Å². The number of nitrogens with zero attached hydrogens (tertiary/aromatic N) is 1. The minimum Gasteiger partial charge on any atom is -0.481 e. The minimum atomic E-state index is -0.878. The summed E-state index contributed by atoms with van der Waals surface area (Å²) in [6, 6.07) is 14.0. The van der Waals surface area contributed by atoms with Gasteiger partial charge in [0.05, 0.1) is 24.2 Å². The van der Waals surface area contributed by atoms with Gasteiger partial charge in [0.25, 0.3) is 0 Å². The lowest BCUT2D eigenvalue weighted by molar-refractivity contribution is -0.136. The Morgan fingerprint density at radius 2 is 1.92 bits per heavy atom. The maximum atomic E-state index is 11.7. The van der Waals surface area contributed by atoms with Crippen molar-refractivity contribution < 1.29 is 19.4 Å². The van der Waals surface area contributed by atoms with Crippen molar-refractivity contribution in [1.29, 1.82) is 5.26 Å². The molecule has 5 nitrogen and oxygen atoms in total. The first-order valence-corrected chi connectivity index (χ1v) is 8.05. The molecule has 0 aliphatic heterocycles. The van der Waals surface area contributed by atoms with Crippen molar-refractivity contribution in [2.45, 2.75) is 23.1 Å². The molecule has 0 unspecified atom stereocenters. The van der Waals surface area contributed by atoms with Gasteiger partial charge in [0.15, 0.2) is 0 Å². The predicted octanol–water partition coefficient (Wildman–Crippen LogP) is 3.51. The SMILES string of the molecule is CCOC(=O)c1ccc(Sc2ccc(CC(=O)O)cc2)c(C#N)c1. The maximum Gasteiger partial charge on any atom is 0.338 e. The first-order chi connectivity index (χ1) is 11.5. The summed E-state index contributed by atoms with van der Waals surface area (Å²) in [7, 11) is 0. The largest absolute Gasteiger partial charge is 0.481 e. The van der Waals surface area contributed by atoms with E-state index in [2.05, 4.69) is 6.07 Å². The van der Waals surface area contributed by atoms with Gasteiger partial charge in [-0.3, -0.25) is 4.79 Å². The number of hydrogen-bond donors (Lipinski definition) is 1. The molecule has 0 amide bonds. The summed E-state index contributed by atoms with van der Waals surface area (Å²) in [6.07, 6.45) is -0.0252. The summed E-state index contributed by atoms with van der Waals surface area (Å²) in [6.45, 7) is 2.00. The van der Waals surface area contributed by atoms with Gasteiger partial charge in [-0.25, -0.2) is 4.79 Å². The number of carboxylic acid groups (broad SMARTS) is 1. The molecule has 0 spiro atoms. The average Bonchev–Trinajstić information content (AvgIpc) is 2.56. The van der Waals surface area contributed by atoms with Crippen molar-refractivity contribution in [2.75, 3.05) is 6.61 Å². The number of nitriles is 1. The zero-order valence-electron chi connectivity index (χ0n) is 13.0. The molecule has 24 heavy (non-hydrogen) atoms. The third kappa shape index (κ3) is 4.61. The quantitative estimate of drug-likeness (QED) is 0.809. The molecule has 0 saturated heterocycles. The van der Waals surface area contributed by atoms with Crippen molar-refractivity contribution in [3.8, 4) is 6.07 Å². The van der Waals surface area contributed by atoms with Crippen LogP contribution < -0.4 is 0 Å². The van der Waals surface area contributed by atoms with Crippen molar-refractivity contribution in [2.24, 2.45) is 0 Å². The van der Waals surface area contributed by atoms with Gasteiger partial charge in [0.1, 0.15) is 6.07 Å². The highest BCUT2D eigenvalue weighted by molar-refractivity contribution is 7.99. The maximum absolute atomic E-state index is 11.7. The molecule has 0 fully saturated rings. The Labute approximate surface area is 143 Å². The number of aliphatic carboxylic acids is 1. The van der Waals surface area contributed by atoms with Gasteiger partial charge in [-0.05, 0) is 42.8 Å². The molecule has 2 aromatic carbocycles. The lowest BCUT2D eigenvalue weighted by Crippen LogP contribution is -2.05. The predicted molar refractivity (Wildman–Crippen MR) is 89.0 cm³/mol. The molecule has 0 radical (unpaired) electrons. The molecular weight excluding hydrogens is 326 g/mol. The van der Waals surface area contributed by atoms with Crippen LogP contribution in [0.2, 0.25) is 0 Å². The number of carbonyl (C=O) groups is 2. The Morgan fingerprint density at radius 3 is 2.50 bits per heavy atom. The number of ether oxygens (including phenoxy) is 1. The summed E-state index contributed by atoms with van der Waals surface area (Å²) < 4.78 is 4.93. The van der Waals surface area contributed by atoms with Crippen LogP contribution in [0.1, 0.15) is 28.4 Å². The summed E-state index contributed by atoms with van der Waals surface area (Å²) in [5.74, 6) is -1.33. The van der Waals surface area contributed by atoms with E-state index in [-0.39, 0.29) is 13.0 Å². The molecule has 2 rings (SSSR count). The van der Waals surface area contributed by atoms with Crippen LogP contribution in [0.15, 0.2) is 52.3 Å². The van der Waals surface area contributed by atoms with E-state index < -0.39 is 11.9 Å². The summed E-state index contributed by atoms with van der Waals surface area (Å²) in [4.78, 5) is 24.0. The van der Waals surface area contributed by atoms with Crippen LogP contribution >= 0.6 is 11.8 Å². The van der Waals surface area contributed by atoms with Gasteiger partial charge in [-0.2, -0.15) is 5.26 Å². The molecular formula is C18H15NO4S. The third-order valence-corrected chi connectivity index (χ3v) is 4.20. The molecule has 0 aliphatic carbocycles. The number of benzene rings is 2. The van der Waals surface area contributed by atoms with E-state index >= 15 is 0 Å². The fourth-order valence-corrected chi connectivity index (χ4v) is 2.90. The van der Waals surface area contributed by atoms with Crippen LogP contribution in [-0.2, 0) is 16.0 Å². The van der Waals surface area contributed by atoms with Crippen molar-refractivity contribution >= 4 is 23.7 Å². The Bertz CT molecular complexity index is 794. The number of carboxylic acids is 1. The Hall–Kier alpha value is -2.78. The highest BCUT2D eigenvalue weighted by Crippen LogP contribution is 2.31. The standard InChI is InChI=1S/C18H15NO4S/c1-2-23-18(22)13-5-8-16(14(10-13)11-19)24-15-6-3-12(4-7-15)9-17(20)21/h3-8,10H,2,9H2,1H3,(H,20,21). The minimum absolute atomic E-state index is 0.0252. The summed E-state index contributed by atoms with van der Waals surface area (Å²) in [5, 5.41) is 18.1. The number of hydrogen-bond acceptors (Lipinski definition) is 5. The van der Waals surface area contributed by atoms with Crippen LogP contribution in [0.5, 0.6) is 0 Å². The average molecular weight is 341 g/mol. The molecule has 0 bridgehead atoms. The van der Waals surface area contributed by atoms with Crippen LogP contribution in [-0.4, -0.2) is 23.7 Å². The van der Waals surface area contributed by atoms with Gasteiger partial charge in [-0.1, -0.05) is 23.9 Å². The van der Waals surface area contributed by atoms with E-state index in [1.54, 1.807) is 31.2 Å². The first kappa shape index (κ1) is 17.6. The number of rotatable bonds is 6. The Balaban J connectivity index is 2.19. The Kier molecular flexibility index (Phi) is 5.99. The van der Waals surface area contributed by atoms with E-state index in [4.69, 9.17) is 9.84 Å². The third-order valence-electron chi connectivity index (χ3n) is 3.12. The van der Waals surface area contributed by atoms with E-state index in [9.17, 15) is 14.9 Å². The van der Waals surface area contributed by atoms with Crippen LogP contribution in [0.4, 0.5) is 0 Å². The van der Waals surface area contributed by atoms with Gasteiger partial charge >= 0.3 is 11.9 Å². The zero-order chi connectivity index (χ0) is 17.5. The molecule has 0 saturated carbocycles. The fourth-order valence-electron chi connectivity index (χ4n) is 2.02. The van der Waals surface area contributed by atoms with E-state index in [0.717, 1.165) is 9.79 Å². The highest BCUT2D eigenvalue weighted by Gasteiger charge is 2.11. The van der Waals surface area contributed by atoms with Gasteiger partial charge in [-0.15, -0.1) is 0 Å². The number of esters is 1. The van der Waals surface area contributed by atoms with Gasteiger partial charge < -0.3 is 9.84 Å². The highest BCUT2D eigenvalue weighted by atomic mass is 32.2. The molecule has 1 N–H and O–H groups in total. The van der Waals surface area contributed by atoms with Crippen LogP contribution in [0, 0.1) is 11.3 Å². The van der Waals surface area contributed by atoms with Gasteiger partial charge in [0, 0.05) is 9.79 Å². The van der Waals surface area contributed by atoms with Gasteiger partial charge in [0.2, 0.25) is 0 Å². The molecule has 0 aromatic heterocycles. The molecule has 0 aliphatic rings. The second kappa shape index (κ2) is 8.18. The lowest BCUT2D eigenvalue weighted by atomic mass is 10.1. The first-order valence-electron chi connectivity index (χ1n) is 7.23. The molecule has 0 heterocycles. The molecule has 0 atom stereocenters. The molecule has 6 heteroatoms. The molecule has 2 aromatic rings. The van der Waals surface area contributed by atoms with Crippen LogP contribution in [0.3, 0.4) is 0 Å². The zero-order valence-corrected chi connectivity index (χ0v) is 13.8. The normalized spacial score (nSPS) is 10.0. The van der Waals surface area contributed by atoms with E-state index in [0.29, 0.717) is 16.7 Å². The van der Waals surface area contributed by atoms with Crippen molar-refractivity contribution in [3.63, 3.8) is 0 Å². The van der Waals surface area contributed by atoms with Crippen LogP contribution in [0.25, 0.3) is 0 Å². The molecule has 122 valence electrons. The second-order valence-electron chi connectivity index (χ2n) is 4.86. The fraction of sp³-hybridized carbons (Fsp3) is 0.167. The van der Waals surface area contributed by atoms with Crippen molar-refractivity contribution in [3.05, 3.63) is 59.2 Å².